The van der Waals surface area contributed by atoms with Crippen LogP contribution in [0.15, 0.2) is 5.11 Å². The van der Waals surface area contributed by atoms with Gasteiger partial charge in [0.1, 0.15) is 18.3 Å². The van der Waals surface area contributed by atoms with Crippen molar-refractivity contribution in [2.75, 3.05) is 0 Å². The van der Waals surface area contributed by atoms with Crippen molar-refractivity contribution in [2.24, 2.45) is 5.11 Å². The van der Waals surface area contributed by atoms with E-state index in [9.17, 15) is 10.2 Å². The van der Waals surface area contributed by atoms with Gasteiger partial charge in [-0.3, -0.25) is 0 Å². The topological polar surface area (TPSA) is 139 Å². The highest BCUT2D eigenvalue weighted by Gasteiger charge is 2.50. The van der Waals surface area contributed by atoms with E-state index in [2.05, 4.69) is 14.8 Å². The van der Waals surface area contributed by atoms with E-state index in [-0.39, 0.29) is 0 Å². The van der Waals surface area contributed by atoms with Crippen molar-refractivity contribution < 1.29 is 25.2 Å². The quantitative estimate of drug-likeness (QED) is 0.233. The number of aliphatic hydroxyl groups excluding tert-OH is 4. The first kappa shape index (κ1) is 11.2. The molecular formula is C6H11N3O5. The van der Waals surface area contributed by atoms with E-state index in [0.29, 0.717) is 0 Å². The molecule has 0 radical (unpaired) electrons. The van der Waals surface area contributed by atoms with Gasteiger partial charge in [-0.1, -0.05) is 5.11 Å². The molecule has 0 aliphatic carbocycles. The van der Waals surface area contributed by atoms with E-state index in [1.54, 1.807) is 0 Å². The third kappa shape index (κ3) is 1.67. The zero-order valence-corrected chi connectivity index (χ0v) is 7.35. The van der Waals surface area contributed by atoms with Crippen LogP contribution in [0.1, 0.15) is 6.92 Å². The maximum atomic E-state index is 9.41. The molecule has 1 aliphatic heterocycles. The average Bonchev–Trinajstić information content (AvgIpc) is 2.12. The van der Waals surface area contributed by atoms with E-state index in [1.807, 2.05) is 0 Å². The van der Waals surface area contributed by atoms with Crippen molar-refractivity contribution >= 4 is 0 Å². The summed E-state index contributed by atoms with van der Waals surface area (Å²) in [5, 5.41) is 40.0. The van der Waals surface area contributed by atoms with E-state index in [1.165, 1.54) is 6.92 Å². The van der Waals surface area contributed by atoms with Crippen molar-refractivity contribution in [3.05, 3.63) is 10.4 Å². The fourth-order valence-corrected chi connectivity index (χ4v) is 1.23. The SMILES string of the molecule is C[C@]1(N=[N+]=[N-])OC(O)[C@@H](O)[C@H](O)[C@@H]1O. The van der Waals surface area contributed by atoms with Gasteiger partial charge in [-0.05, 0) is 12.5 Å². The van der Waals surface area contributed by atoms with Crippen molar-refractivity contribution in [3.63, 3.8) is 0 Å². The molecule has 8 nitrogen and oxygen atoms in total. The molecule has 0 saturated carbocycles. The Balaban J connectivity index is 2.95. The molecule has 1 unspecified atom stereocenters. The molecule has 1 saturated heterocycles. The zero-order chi connectivity index (χ0) is 10.9. The number of ether oxygens (including phenoxy) is 1. The number of rotatable bonds is 1. The van der Waals surface area contributed by atoms with Crippen LogP contribution in [0.2, 0.25) is 0 Å². The van der Waals surface area contributed by atoms with Crippen molar-refractivity contribution in [2.45, 2.75) is 37.3 Å². The Bertz CT molecular complexity index is 268. The number of nitrogens with zero attached hydrogens (tertiary/aromatic N) is 3. The highest BCUT2D eigenvalue weighted by Crippen LogP contribution is 2.30. The lowest BCUT2D eigenvalue weighted by atomic mass is 9.95. The molecule has 1 heterocycles. The number of azide groups is 1. The van der Waals surface area contributed by atoms with E-state index < -0.39 is 30.3 Å². The molecule has 0 bridgehead atoms. The summed E-state index contributed by atoms with van der Waals surface area (Å²) < 4.78 is 4.68. The Hall–Kier alpha value is -0.890. The lowest BCUT2D eigenvalue weighted by Gasteiger charge is -2.42. The summed E-state index contributed by atoms with van der Waals surface area (Å²) in [5.74, 6) is 0. The first-order valence-corrected chi connectivity index (χ1v) is 3.88. The lowest BCUT2D eigenvalue weighted by Crippen LogP contribution is -2.62. The second kappa shape index (κ2) is 3.70. The van der Waals surface area contributed by atoms with Crippen LogP contribution < -0.4 is 0 Å². The molecule has 0 amide bonds. The van der Waals surface area contributed by atoms with E-state index >= 15 is 0 Å². The summed E-state index contributed by atoms with van der Waals surface area (Å²) in [4.78, 5) is 2.41. The van der Waals surface area contributed by atoms with Crippen LogP contribution in [0, 0.1) is 0 Å². The Morgan fingerprint density at radius 3 is 2.36 bits per heavy atom. The molecule has 1 aliphatic rings. The summed E-state index contributed by atoms with van der Waals surface area (Å²) in [6.45, 7) is 1.19. The van der Waals surface area contributed by atoms with Crippen molar-refractivity contribution in [1.29, 1.82) is 0 Å². The van der Waals surface area contributed by atoms with Crippen LogP contribution in [0.5, 0.6) is 0 Å². The number of hydrogen-bond donors (Lipinski definition) is 4. The highest BCUT2D eigenvalue weighted by molar-refractivity contribution is 4.95. The molecule has 80 valence electrons. The van der Waals surface area contributed by atoms with Crippen molar-refractivity contribution in [3.8, 4) is 0 Å². The Kier molecular flexibility index (Phi) is 2.95. The molecular weight excluding hydrogens is 194 g/mol. The molecule has 1 fully saturated rings. The monoisotopic (exact) mass is 205 g/mol. The van der Waals surface area contributed by atoms with E-state index in [4.69, 9.17) is 15.7 Å². The van der Waals surface area contributed by atoms with Gasteiger partial charge in [0.05, 0.1) is 0 Å². The second-order valence-electron chi connectivity index (χ2n) is 3.18. The van der Waals surface area contributed by atoms with Gasteiger partial charge in [0, 0.05) is 4.91 Å². The van der Waals surface area contributed by atoms with Crippen LogP contribution in [-0.2, 0) is 4.74 Å². The van der Waals surface area contributed by atoms with Gasteiger partial charge in [-0.2, -0.15) is 0 Å². The fourth-order valence-electron chi connectivity index (χ4n) is 1.23. The van der Waals surface area contributed by atoms with Crippen LogP contribution in [0.25, 0.3) is 10.4 Å². The molecule has 1 rings (SSSR count). The summed E-state index contributed by atoms with van der Waals surface area (Å²) in [6.07, 6.45) is -6.57. The van der Waals surface area contributed by atoms with Crippen LogP contribution >= 0.6 is 0 Å². The molecule has 8 heteroatoms. The minimum Gasteiger partial charge on any atom is -0.387 e. The maximum absolute atomic E-state index is 9.41. The van der Waals surface area contributed by atoms with Crippen LogP contribution in [-0.4, -0.2) is 50.8 Å². The number of aliphatic hydroxyl groups is 4. The first-order valence-electron chi connectivity index (χ1n) is 3.88. The maximum Gasteiger partial charge on any atom is 0.184 e. The van der Waals surface area contributed by atoms with Gasteiger partial charge < -0.3 is 25.2 Å². The largest absolute Gasteiger partial charge is 0.387 e. The lowest BCUT2D eigenvalue weighted by molar-refractivity contribution is -0.313. The predicted molar refractivity (Wildman–Crippen MR) is 42.7 cm³/mol. The third-order valence-electron chi connectivity index (χ3n) is 2.12. The Morgan fingerprint density at radius 1 is 1.29 bits per heavy atom. The van der Waals surface area contributed by atoms with Gasteiger partial charge in [-0.25, -0.2) is 0 Å². The molecule has 0 spiro atoms. The van der Waals surface area contributed by atoms with Gasteiger partial charge in [0.2, 0.25) is 0 Å². The Labute approximate surface area is 79.0 Å². The smallest absolute Gasteiger partial charge is 0.184 e. The van der Waals surface area contributed by atoms with Gasteiger partial charge in [0.25, 0.3) is 0 Å². The molecule has 14 heavy (non-hydrogen) atoms. The summed E-state index contributed by atoms with van der Waals surface area (Å²) in [5.41, 5.74) is 6.40. The molecule has 0 aromatic carbocycles. The minimum atomic E-state index is -1.78. The fraction of sp³-hybridized carbons (Fsp3) is 1.00. The molecule has 0 aromatic heterocycles. The van der Waals surface area contributed by atoms with Gasteiger partial charge in [-0.15, -0.1) is 0 Å². The highest BCUT2D eigenvalue weighted by atomic mass is 16.7. The van der Waals surface area contributed by atoms with Crippen molar-refractivity contribution in [1.82, 2.24) is 0 Å². The predicted octanol–water partition coefficient (Wildman–Crippen LogP) is -1.56. The zero-order valence-electron chi connectivity index (χ0n) is 7.35. The second-order valence-corrected chi connectivity index (χ2v) is 3.18. The van der Waals surface area contributed by atoms with Gasteiger partial charge >= 0.3 is 0 Å². The standard InChI is InChI=1S/C6H11N3O5/c1-6(8-9-7)4(12)2(10)3(11)5(13)14-6/h2-5,10-13H,1H3/t2-,3-,4-,5?,6-/m0/s1. The summed E-state index contributed by atoms with van der Waals surface area (Å²) in [7, 11) is 0. The third-order valence-corrected chi connectivity index (χ3v) is 2.12. The minimum absolute atomic E-state index is 1.19. The summed E-state index contributed by atoms with van der Waals surface area (Å²) >= 11 is 0. The molecule has 5 atom stereocenters. The number of hydrogen-bond acceptors (Lipinski definition) is 6. The molecule has 0 aromatic rings. The molecule has 4 N–H and O–H groups in total. The normalized spacial score (nSPS) is 48.4. The van der Waals surface area contributed by atoms with Gasteiger partial charge in [0.15, 0.2) is 12.0 Å². The average molecular weight is 205 g/mol. The van der Waals surface area contributed by atoms with Crippen LogP contribution in [0.4, 0.5) is 0 Å². The first-order chi connectivity index (χ1) is 6.42. The van der Waals surface area contributed by atoms with Crippen LogP contribution in [0.3, 0.4) is 0 Å². The van der Waals surface area contributed by atoms with E-state index in [0.717, 1.165) is 0 Å². The Morgan fingerprint density at radius 2 is 1.86 bits per heavy atom. The summed E-state index contributed by atoms with van der Waals surface area (Å²) in [6, 6.07) is 0.